The molecule has 0 bridgehead atoms. The number of carbonyl (C=O) groups is 1. The molecule has 1 amide bonds. The van der Waals surface area contributed by atoms with Crippen molar-refractivity contribution in [3.63, 3.8) is 0 Å². The largest absolute Gasteiger partial charge is 0.375 e. The molecule has 0 heterocycles. The summed E-state index contributed by atoms with van der Waals surface area (Å²) in [5.41, 5.74) is 4.17. The van der Waals surface area contributed by atoms with Gasteiger partial charge in [0.2, 0.25) is 0 Å². The highest BCUT2D eigenvalue weighted by Gasteiger charge is 2.03. The summed E-state index contributed by atoms with van der Waals surface area (Å²) in [5, 5.41) is 7.52. The molecule has 0 saturated heterocycles. The maximum atomic E-state index is 11.7. The number of halogens is 2. The molecule has 0 aliphatic rings. The van der Waals surface area contributed by atoms with E-state index in [4.69, 9.17) is 11.6 Å². The van der Waals surface area contributed by atoms with Crippen molar-refractivity contribution in [2.24, 2.45) is 5.10 Å². The zero-order valence-electron chi connectivity index (χ0n) is 11.0. The van der Waals surface area contributed by atoms with Crippen LogP contribution in [0.3, 0.4) is 0 Å². The normalized spacial score (nSPS) is 10.6. The van der Waals surface area contributed by atoms with E-state index >= 15 is 0 Å². The second-order valence-electron chi connectivity index (χ2n) is 4.18. The first-order valence-electron chi connectivity index (χ1n) is 6.21. The Hall–Kier alpha value is -1.85. The predicted octanol–water partition coefficient (Wildman–Crippen LogP) is 3.66. The molecular weight excluding hydrogens is 354 g/mol. The zero-order valence-corrected chi connectivity index (χ0v) is 13.4. The molecule has 0 aliphatic carbocycles. The van der Waals surface area contributed by atoms with Crippen LogP contribution in [0.4, 0.5) is 5.69 Å². The van der Waals surface area contributed by atoms with Crippen molar-refractivity contribution in [2.75, 3.05) is 11.9 Å². The van der Waals surface area contributed by atoms with E-state index < -0.39 is 0 Å². The summed E-state index contributed by atoms with van der Waals surface area (Å²) in [6, 6.07) is 14.8. The first kappa shape index (κ1) is 15.5. The SMILES string of the molecule is O=C(CNc1ccc(Cl)cc1Br)NN=Cc1ccccc1. The van der Waals surface area contributed by atoms with Gasteiger partial charge in [-0.25, -0.2) is 5.43 Å². The topological polar surface area (TPSA) is 53.5 Å². The van der Waals surface area contributed by atoms with Crippen molar-refractivity contribution >= 4 is 45.3 Å². The number of amides is 1. The number of benzene rings is 2. The van der Waals surface area contributed by atoms with Gasteiger partial charge in [0.25, 0.3) is 5.91 Å². The molecule has 0 aliphatic heterocycles. The molecule has 21 heavy (non-hydrogen) atoms. The lowest BCUT2D eigenvalue weighted by molar-refractivity contribution is -0.119. The standard InChI is InChI=1S/C15H13BrClN3O/c16-13-8-12(17)6-7-14(13)18-10-15(21)20-19-9-11-4-2-1-3-5-11/h1-9,18H,10H2,(H,20,21). The highest BCUT2D eigenvalue weighted by Crippen LogP contribution is 2.25. The van der Waals surface area contributed by atoms with Crippen molar-refractivity contribution in [3.8, 4) is 0 Å². The molecule has 6 heteroatoms. The van der Waals surface area contributed by atoms with Crippen LogP contribution in [0.1, 0.15) is 5.56 Å². The monoisotopic (exact) mass is 365 g/mol. The maximum Gasteiger partial charge on any atom is 0.259 e. The molecule has 108 valence electrons. The fraction of sp³-hybridized carbons (Fsp3) is 0.0667. The van der Waals surface area contributed by atoms with Crippen LogP contribution in [0.25, 0.3) is 0 Å². The second kappa shape index (κ2) is 7.81. The van der Waals surface area contributed by atoms with E-state index in [1.165, 1.54) is 0 Å². The Kier molecular flexibility index (Phi) is 5.78. The first-order chi connectivity index (χ1) is 10.1. The van der Waals surface area contributed by atoms with E-state index in [1.54, 1.807) is 24.4 Å². The van der Waals surface area contributed by atoms with Crippen LogP contribution in [0.2, 0.25) is 5.02 Å². The number of nitrogens with one attached hydrogen (secondary N) is 2. The van der Waals surface area contributed by atoms with E-state index in [9.17, 15) is 4.79 Å². The molecule has 2 aromatic rings. The Bertz CT molecular complexity index is 647. The highest BCUT2D eigenvalue weighted by molar-refractivity contribution is 9.10. The number of anilines is 1. The van der Waals surface area contributed by atoms with Crippen LogP contribution < -0.4 is 10.7 Å². The van der Waals surface area contributed by atoms with Crippen LogP contribution in [-0.2, 0) is 4.79 Å². The molecule has 0 fully saturated rings. The first-order valence-corrected chi connectivity index (χ1v) is 7.38. The van der Waals surface area contributed by atoms with Gasteiger partial charge >= 0.3 is 0 Å². The molecule has 4 nitrogen and oxygen atoms in total. The van der Waals surface area contributed by atoms with E-state index in [1.807, 2.05) is 30.3 Å². The van der Waals surface area contributed by atoms with Gasteiger partial charge in [-0.15, -0.1) is 0 Å². The number of carbonyl (C=O) groups excluding carboxylic acids is 1. The fourth-order valence-electron chi connectivity index (χ4n) is 1.57. The van der Waals surface area contributed by atoms with Gasteiger partial charge in [-0.1, -0.05) is 41.9 Å². The third-order valence-corrected chi connectivity index (χ3v) is 3.46. The number of rotatable bonds is 5. The smallest absolute Gasteiger partial charge is 0.259 e. The number of nitrogens with zero attached hydrogens (tertiary/aromatic N) is 1. The van der Waals surface area contributed by atoms with Crippen molar-refractivity contribution in [2.45, 2.75) is 0 Å². The van der Waals surface area contributed by atoms with Crippen molar-refractivity contribution < 1.29 is 4.79 Å². The molecule has 0 aromatic heterocycles. The van der Waals surface area contributed by atoms with Crippen LogP contribution in [-0.4, -0.2) is 18.7 Å². The molecule has 0 unspecified atom stereocenters. The molecular formula is C15H13BrClN3O. The quantitative estimate of drug-likeness (QED) is 0.627. The molecule has 2 aromatic carbocycles. The lowest BCUT2D eigenvalue weighted by atomic mass is 10.2. The van der Waals surface area contributed by atoms with Gasteiger partial charge in [0.1, 0.15) is 0 Å². The van der Waals surface area contributed by atoms with Gasteiger partial charge < -0.3 is 5.32 Å². The van der Waals surface area contributed by atoms with Crippen molar-refractivity contribution in [3.05, 3.63) is 63.6 Å². The van der Waals surface area contributed by atoms with Gasteiger partial charge in [0, 0.05) is 15.2 Å². The van der Waals surface area contributed by atoms with Crippen LogP contribution >= 0.6 is 27.5 Å². The lowest BCUT2D eigenvalue weighted by Gasteiger charge is -2.07. The van der Waals surface area contributed by atoms with Crippen LogP contribution in [0, 0.1) is 0 Å². The average Bonchev–Trinajstić information content (AvgIpc) is 2.47. The van der Waals surface area contributed by atoms with E-state index in [-0.39, 0.29) is 12.5 Å². The van der Waals surface area contributed by atoms with Gasteiger partial charge in [-0.3, -0.25) is 4.79 Å². The minimum absolute atomic E-state index is 0.117. The van der Waals surface area contributed by atoms with Crippen LogP contribution in [0.5, 0.6) is 0 Å². The molecule has 0 radical (unpaired) electrons. The minimum atomic E-state index is -0.232. The Labute approximate surface area is 136 Å². The number of hydrogen-bond acceptors (Lipinski definition) is 3. The van der Waals surface area contributed by atoms with Crippen LogP contribution in [0.15, 0.2) is 58.1 Å². The predicted molar refractivity (Wildman–Crippen MR) is 89.8 cm³/mol. The van der Waals surface area contributed by atoms with Crippen molar-refractivity contribution in [1.82, 2.24) is 5.43 Å². The molecule has 2 N–H and O–H groups in total. The zero-order chi connectivity index (χ0) is 15.1. The molecule has 2 rings (SSSR count). The summed E-state index contributed by atoms with van der Waals surface area (Å²) in [4.78, 5) is 11.7. The minimum Gasteiger partial charge on any atom is -0.375 e. The second-order valence-corrected chi connectivity index (χ2v) is 5.47. The van der Waals surface area contributed by atoms with E-state index in [0.29, 0.717) is 5.02 Å². The Morgan fingerprint density at radius 3 is 2.71 bits per heavy atom. The highest BCUT2D eigenvalue weighted by atomic mass is 79.9. The maximum absolute atomic E-state index is 11.7. The molecule has 0 atom stereocenters. The van der Waals surface area contributed by atoms with Gasteiger partial charge in [-0.05, 0) is 39.7 Å². The fourth-order valence-corrected chi connectivity index (χ4v) is 2.39. The summed E-state index contributed by atoms with van der Waals surface area (Å²) in [5.74, 6) is -0.232. The summed E-state index contributed by atoms with van der Waals surface area (Å²) < 4.78 is 0.801. The van der Waals surface area contributed by atoms with Gasteiger partial charge in [0.05, 0.1) is 12.8 Å². The molecule has 0 saturated carbocycles. The van der Waals surface area contributed by atoms with Gasteiger partial charge in [-0.2, -0.15) is 5.10 Å². The number of hydrazone groups is 1. The average molecular weight is 367 g/mol. The third kappa shape index (κ3) is 5.21. The summed E-state index contributed by atoms with van der Waals surface area (Å²) in [7, 11) is 0. The Balaban J connectivity index is 1.81. The van der Waals surface area contributed by atoms with Crippen molar-refractivity contribution in [1.29, 1.82) is 0 Å². The van der Waals surface area contributed by atoms with E-state index in [0.717, 1.165) is 15.7 Å². The molecule has 0 spiro atoms. The number of hydrogen-bond donors (Lipinski definition) is 2. The summed E-state index contributed by atoms with van der Waals surface area (Å²) in [6.07, 6.45) is 1.59. The van der Waals surface area contributed by atoms with Gasteiger partial charge in [0.15, 0.2) is 0 Å². The summed E-state index contributed by atoms with van der Waals surface area (Å²) in [6.45, 7) is 0.117. The Morgan fingerprint density at radius 2 is 2.00 bits per heavy atom. The Morgan fingerprint density at radius 1 is 1.24 bits per heavy atom. The van der Waals surface area contributed by atoms with E-state index in [2.05, 4.69) is 31.8 Å². The summed E-state index contributed by atoms with van der Waals surface area (Å²) >= 11 is 9.22. The lowest BCUT2D eigenvalue weighted by Crippen LogP contribution is -2.25. The third-order valence-electron chi connectivity index (χ3n) is 2.57.